The summed E-state index contributed by atoms with van der Waals surface area (Å²) in [4.78, 5) is 11.4. The predicted octanol–water partition coefficient (Wildman–Crippen LogP) is 2.72. The first-order chi connectivity index (χ1) is 7.38. The highest BCUT2D eigenvalue weighted by molar-refractivity contribution is 5.71. The number of carbonyl (C=O) groups excluding carboxylic acids is 1. The first-order valence-corrected chi connectivity index (χ1v) is 5.29. The third-order valence-electron chi connectivity index (χ3n) is 1.86. The van der Waals surface area contributed by atoms with Crippen LogP contribution >= 0.6 is 0 Å². The molecule has 0 aliphatic carbocycles. The van der Waals surface area contributed by atoms with Crippen LogP contribution in [-0.4, -0.2) is 18.2 Å². The van der Waals surface area contributed by atoms with Gasteiger partial charge >= 0.3 is 5.97 Å². The molecule has 0 atom stereocenters. The molecule has 0 spiro atoms. The van der Waals surface area contributed by atoms with Gasteiger partial charge in [-0.1, -0.05) is 18.2 Å². The lowest BCUT2D eigenvalue weighted by atomic mass is 10.2. The largest absolute Gasteiger partial charge is 0.482 e. The summed E-state index contributed by atoms with van der Waals surface area (Å²) in [5.74, 6) is 0.365. The predicted molar refractivity (Wildman–Crippen MR) is 62.5 cm³/mol. The number of para-hydroxylation sites is 1. The average Bonchev–Trinajstić information content (AvgIpc) is 2.14. The second-order valence-corrected chi connectivity index (χ2v) is 4.64. The monoisotopic (exact) mass is 222 g/mol. The lowest BCUT2D eigenvalue weighted by Gasteiger charge is -2.19. The van der Waals surface area contributed by atoms with Crippen LogP contribution in [0.15, 0.2) is 24.3 Å². The molecular weight excluding hydrogens is 204 g/mol. The molecule has 88 valence electrons. The Hall–Kier alpha value is -1.51. The highest BCUT2D eigenvalue weighted by Crippen LogP contribution is 2.16. The molecule has 0 saturated carbocycles. The van der Waals surface area contributed by atoms with Gasteiger partial charge in [-0.05, 0) is 39.3 Å². The van der Waals surface area contributed by atoms with E-state index >= 15 is 0 Å². The second-order valence-electron chi connectivity index (χ2n) is 4.64. The van der Waals surface area contributed by atoms with E-state index in [0.29, 0.717) is 5.75 Å². The van der Waals surface area contributed by atoms with E-state index < -0.39 is 5.60 Å². The van der Waals surface area contributed by atoms with Crippen molar-refractivity contribution < 1.29 is 14.3 Å². The average molecular weight is 222 g/mol. The highest BCUT2D eigenvalue weighted by atomic mass is 16.6. The number of aryl methyl sites for hydroxylation is 1. The number of ether oxygens (including phenoxy) is 2. The lowest BCUT2D eigenvalue weighted by molar-refractivity contribution is -0.157. The van der Waals surface area contributed by atoms with E-state index in [2.05, 4.69) is 0 Å². The van der Waals surface area contributed by atoms with Gasteiger partial charge in [0.05, 0.1) is 0 Å². The zero-order chi connectivity index (χ0) is 12.2. The minimum Gasteiger partial charge on any atom is -0.482 e. The highest BCUT2D eigenvalue weighted by Gasteiger charge is 2.16. The number of rotatable bonds is 3. The lowest BCUT2D eigenvalue weighted by Crippen LogP contribution is -2.27. The van der Waals surface area contributed by atoms with Crippen LogP contribution in [0.2, 0.25) is 0 Å². The molecule has 0 radical (unpaired) electrons. The molecule has 0 fully saturated rings. The fraction of sp³-hybridized carbons (Fsp3) is 0.462. The van der Waals surface area contributed by atoms with Crippen LogP contribution in [0, 0.1) is 6.92 Å². The third kappa shape index (κ3) is 4.34. The van der Waals surface area contributed by atoms with Crippen LogP contribution in [0.3, 0.4) is 0 Å². The van der Waals surface area contributed by atoms with Crippen LogP contribution in [-0.2, 0) is 9.53 Å². The fourth-order valence-electron chi connectivity index (χ4n) is 1.23. The van der Waals surface area contributed by atoms with E-state index in [1.807, 2.05) is 52.0 Å². The minimum atomic E-state index is -0.466. The van der Waals surface area contributed by atoms with E-state index in [-0.39, 0.29) is 12.6 Å². The molecule has 0 saturated heterocycles. The van der Waals surface area contributed by atoms with Gasteiger partial charge in [0.2, 0.25) is 0 Å². The van der Waals surface area contributed by atoms with Gasteiger partial charge < -0.3 is 9.47 Å². The van der Waals surface area contributed by atoms with Crippen molar-refractivity contribution in [1.82, 2.24) is 0 Å². The molecule has 0 bridgehead atoms. The quantitative estimate of drug-likeness (QED) is 0.738. The van der Waals surface area contributed by atoms with Gasteiger partial charge in [0, 0.05) is 0 Å². The number of carbonyl (C=O) groups is 1. The molecule has 1 aromatic rings. The first-order valence-electron chi connectivity index (χ1n) is 5.29. The van der Waals surface area contributed by atoms with E-state index in [4.69, 9.17) is 9.47 Å². The van der Waals surface area contributed by atoms with Crippen LogP contribution < -0.4 is 4.74 Å². The molecule has 1 rings (SSSR count). The Morgan fingerprint density at radius 1 is 1.25 bits per heavy atom. The Morgan fingerprint density at radius 2 is 1.88 bits per heavy atom. The molecule has 0 amide bonds. The number of hydrogen-bond donors (Lipinski definition) is 0. The molecule has 3 heteroatoms. The Balaban J connectivity index is 2.47. The maximum absolute atomic E-state index is 11.4. The third-order valence-corrected chi connectivity index (χ3v) is 1.86. The first kappa shape index (κ1) is 12.6. The maximum Gasteiger partial charge on any atom is 0.344 e. The van der Waals surface area contributed by atoms with Crippen molar-refractivity contribution in [3.63, 3.8) is 0 Å². The molecule has 0 heterocycles. The van der Waals surface area contributed by atoms with Crippen molar-refractivity contribution in [2.45, 2.75) is 33.3 Å². The molecule has 0 unspecified atom stereocenters. The molecule has 1 aromatic carbocycles. The molecule has 0 N–H and O–H groups in total. The molecule has 3 nitrogen and oxygen atoms in total. The normalized spacial score (nSPS) is 11.0. The van der Waals surface area contributed by atoms with Gasteiger partial charge in [-0.15, -0.1) is 0 Å². The smallest absolute Gasteiger partial charge is 0.344 e. The van der Waals surface area contributed by atoms with E-state index in [1.54, 1.807) is 0 Å². The summed E-state index contributed by atoms with van der Waals surface area (Å²) in [5.41, 5.74) is 0.540. The SMILES string of the molecule is Cc1ccccc1OCC(=O)OC(C)(C)C. The summed E-state index contributed by atoms with van der Waals surface area (Å²) in [7, 11) is 0. The molecular formula is C13H18O3. The Labute approximate surface area is 96.4 Å². The summed E-state index contributed by atoms with van der Waals surface area (Å²) in [6.07, 6.45) is 0. The summed E-state index contributed by atoms with van der Waals surface area (Å²) in [5, 5.41) is 0. The maximum atomic E-state index is 11.4. The van der Waals surface area contributed by atoms with Crippen LogP contribution in [0.5, 0.6) is 5.75 Å². The number of benzene rings is 1. The second kappa shape index (κ2) is 5.01. The van der Waals surface area contributed by atoms with Crippen molar-refractivity contribution in [3.05, 3.63) is 29.8 Å². The van der Waals surface area contributed by atoms with Crippen molar-refractivity contribution in [2.24, 2.45) is 0 Å². The van der Waals surface area contributed by atoms with Crippen molar-refractivity contribution >= 4 is 5.97 Å². The van der Waals surface area contributed by atoms with Gasteiger partial charge in [0.15, 0.2) is 6.61 Å². The van der Waals surface area contributed by atoms with Crippen molar-refractivity contribution in [2.75, 3.05) is 6.61 Å². The molecule has 0 aromatic heterocycles. The topological polar surface area (TPSA) is 35.5 Å². The molecule has 0 aliphatic rings. The zero-order valence-electron chi connectivity index (χ0n) is 10.2. The zero-order valence-corrected chi connectivity index (χ0v) is 10.2. The Morgan fingerprint density at radius 3 is 2.44 bits per heavy atom. The van der Waals surface area contributed by atoms with Crippen LogP contribution in [0.4, 0.5) is 0 Å². The Bertz CT molecular complexity index is 364. The summed E-state index contributed by atoms with van der Waals surface area (Å²) in [6.45, 7) is 7.38. The number of hydrogen-bond acceptors (Lipinski definition) is 3. The van der Waals surface area contributed by atoms with Crippen molar-refractivity contribution in [1.29, 1.82) is 0 Å². The summed E-state index contributed by atoms with van der Waals surface area (Å²) in [6, 6.07) is 7.57. The van der Waals surface area contributed by atoms with Gasteiger partial charge in [-0.3, -0.25) is 0 Å². The van der Waals surface area contributed by atoms with Crippen molar-refractivity contribution in [3.8, 4) is 5.75 Å². The number of esters is 1. The minimum absolute atomic E-state index is 0.0534. The van der Waals surface area contributed by atoms with Crippen LogP contribution in [0.1, 0.15) is 26.3 Å². The van der Waals surface area contributed by atoms with Gasteiger partial charge in [-0.25, -0.2) is 4.79 Å². The fourth-order valence-corrected chi connectivity index (χ4v) is 1.23. The van der Waals surface area contributed by atoms with E-state index in [9.17, 15) is 4.79 Å². The summed E-state index contributed by atoms with van der Waals surface area (Å²) >= 11 is 0. The Kier molecular flexibility index (Phi) is 3.93. The molecule has 0 aliphatic heterocycles. The van der Waals surface area contributed by atoms with Gasteiger partial charge in [-0.2, -0.15) is 0 Å². The van der Waals surface area contributed by atoms with Gasteiger partial charge in [0.25, 0.3) is 0 Å². The van der Waals surface area contributed by atoms with E-state index in [0.717, 1.165) is 5.56 Å². The van der Waals surface area contributed by atoms with Gasteiger partial charge in [0.1, 0.15) is 11.4 Å². The van der Waals surface area contributed by atoms with Crippen LogP contribution in [0.25, 0.3) is 0 Å². The standard InChI is InChI=1S/C13H18O3/c1-10-7-5-6-8-11(10)15-9-12(14)16-13(2,3)4/h5-8H,9H2,1-4H3. The summed E-state index contributed by atoms with van der Waals surface area (Å²) < 4.78 is 10.5. The van der Waals surface area contributed by atoms with E-state index in [1.165, 1.54) is 0 Å². The molecule has 16 heavy (non-hydrogen) atoms.